The van der Waals surface area contributed by atoms with Gasteiger partial charge in [-0.05, 0) is 33.7 Å². The Morgan fingerprint density at radius 1 is 1.47 bits per heavy atom. The van der Waals surface area contributed by atoms with Gasteiger partial charge in [0, 0.05) is 11.8 Å². The molecule has 15 heavy (non-hydrogen) atoms. The number of H-pyrrole nitrogens is 1. The summed E-state index contributed by atoms with van der Waals surface area (Å²) in [6.45, 7) is 4.14. The van der Waals surface area contributed by atoms with E-state index in [0.717, 1.165) is 16.7 Å². The van der Waals surface area contributed by atoms with Crippen molar-refractivity contribution in [3.05, 3.63) is 5.82 Å². The van der Waals surface area contributed by atoms with E-state index in [9.17, 15) is 0 Å². The number of aromatic nitrogens is 3. The molecule has 4 nitrogen and oxygen atoms in total. The number of aryl methyl sites for hydroxylation is 1. The van der Waals surface area contributed by atoms with E-state index in [-0.39, 0.29) is 0 Å². The van der Waals surface area contributed by atoms with Crippen molar-refractivity contribution in [1.29, 1.82) is 0 Å². The first-order chi connectivity index (χ1) is 7.22. The molecule has 0 amide bonds. The molecule has 0 fully saturated rings. The highest BCUT2D eigenvalue weighted by Gasteiger charge is 2.01. The summed E-state index contributed by atoms with van der Waals surface area (Å²) in [5.41, 5.74) is 0. The van der Waals surface area contributed by atoms with Crippen LogP contribution in [0.3, 0.4) is 0 Å². The lowest BCUT2D eigenvalue weighted by Gasteiger charge is -2.08. The number of nitrogens with zero attached hydrogens (tertiary/aromatic N) is 2. The SMILES string of the molecule is CNC(C)CCCCSc1n[nH]c(C)n1. The molecule has 1 aromatic heterocycles. The second-order valence-electron chi connectivity index (χ2n) is 3.74. The van der Waals surface area contributed by atoms with Gasteiger partial charge in [0.1, 0.15) is 5.82 Å². The van der Waals surface area contributed by atoms with E-state index < -0.39 is 0 Å². The van der Waals surface area contributed by atoms with Crippen LogP contribution in [0.25, 0.3) is 0 Å². The quantitative estimate of drug-likeness (QED) is 0.553. The monoisotopic (exact) mass is 228 g/mol. The molecule has 1 unspecified atom stereocenters. The van der Waals surface area contributed by atoms with E-state index in [2.05, 4.69) is 27.4 Å². The van der Waals surface area contributed by atoms with Crippen molar-refractivity contribution in [3.8, 4) is 0 Å². The summed E-state index contributed by atoms with van der Waals surface area (Å²) < 4.78 is 0. The highest BCUT2D eigenvalue weighted by molar-refractivity contribution is 7.99. The van der Waals surface area contributed by atoms with Gasteiger partial charge in [-0.15, -0.1) is 5.10 Å². The Hall–Kier alpha value is -0.550. The van der Waals surface area contributed by atoms with Crippen molar-refractivity contribution in [1.82, 2.24) is 20.5 Å². The minimum Gasteiger partial charge on any atom is -0.317 e. The summed E-state index contributed by atoms with van der Waals surface area (Å²) in [5, 5.41) is 11.0. The van der Waals surface area contributed by atoms with Crippen LogP contribution in [0.1, 0.15) is 32.0 Å². The third kappa shape index (κ3) is 5.18. The number of hydrogen-bond acceptors (Lipinski definition) is 4. The van der Waals surface area contributed by atoms with Gasteiger partial charge in [0.15, 0.2) is 0 Å². The fourth-order valence-corrected chi connectivity index (χ4v) is 2.09. The predicted octanol–water partition coefficient (Wildman–Crippen LogP) is 1.98. The van der Waals surface area contributed by atoms with Gasteiger partial charge < -0.3 is 5.32 Å². The van der Waals surface area contributed by atoms with E-state index in [0.29, 0.717) is 6.04 Å². The average Bonchev–Trinajstić information content (AvgIpc) is 2.63. The normalized spacial score (nSPS) is 13.0. The second kappa shape index (κ2) is 6.85. The van der Waals surface area contributed by atoms with Gasteiger partial charge in [-0.2, -0.15) is 0 Å². The molecule has 1 heterocycles. The van der Waals surface area contributed by atoms with Crippen LogP contribution in [0.2, 0.25) is 0 Å². The molecule has 0 saturated carbocycles. The number of nitrogens with one attached hydrogen (secondary N) is 2. The Bertz CT molecular complexity index is 274. The number of aromatic amines is 1. The first-order valence-corrected chi connectivity index (χ1v) is 6.40. The Labute approximate surface area is 95.6 Å². The molecule has 2 N–H and O–H groups in total. The summed E-state index contributed by atoms with van der Waals surface area (Å²) in [4.78, 5) is 4.24. The van der Waals surface area contributed by atoms with Gasteiger partial charge in [0.25, 0.3) is 0 Å². The van der Waals surface area contributed by atoms with Gasteiger partial charge in [0.05, 0.1) is 0 Å². The molecule has 0 aliphatic heterocycles. The fourth-order valence-electron chi connectivity index (χ4n) is 1.25. The molecule has 0 spiro atoms. The molecule has 86 valence electrons. The van der Waals surface area contributed by atoms with Crippen molar-refractivity contribution >= 4 is 11.8 Å². The molecular weight excluding hydrogens is 208 g/mol. The second-order valence-corrected chi connectivity index (χ2v) is 4.80. The number of thioether (sulfide) groups is 1. The molecule has 0 saturated heterocycles. The maximum Gasteiger partial charge on any atom is 0.208 e. The van der Waals surface area contributed by atoms with Gasteiger partial charge in [-0.3, -0.25) is 5.10 Å². The van der Waals surface area contributed by atoms with Crippen molar-refractivity contribution in [2.24, 2.45) is 0 Å². The zero-order valence-electron chi connectivity index (χ0n) is 9.71. The van der Waals surface area contributed by atoms with E-state index in [1.54, 1.807) is 11.8 Å². The highest BCUT2D eigenvalue weighted by Crippen LogP contribution is 2.14. The van der Waals surface area contributed by atoms with E-state index in [4.69, 9.17) is 0 Å². The predicted molar refractivity (Wildman–Crippen MR) is 64.2 cm³/mol. The minimum atomic E-state index is 0.626. The molecule has 0 radical (unpaired) electrons. The zero-order valence-corrected chi connectivity index (χ0v) is 10.5. The summed E-state index contributed by atoms with van der Waals surface area (Å²) in [5.74, 6) is 1.99. The molecule has 1 aromatic rings. The largest absolute Gasteiger partial charge is 0.317 e. The summed E-state index contributed by atoms with van der Waals surface area (Å²) in [6.07, 6.45) is 3.73. The van der Waals surface area contributed by atoms with E-state index in [1.807, 2.05) is 14.0 Å². The number of unbranched alkanes of at least 4 members (excludes halogenated alkanes) is 1. The third-order valence-electron chi connectivity index (χ3n) is 2.33. The van der Waals surface area contributed by atoms with Crippen molar-refractivity contribution < 1.29 is 0 Å². The molecule has 0 bridgehead atoms. The van der Waals surface area contributed by atoms with E-state index in [1.165, 1.54) is 19.3 Å². The van der Waals surface area contributed by atoms with Crippen LogP contribution in [0.5, 0.6) is 0 Å². The lowest BCUT2D eigenvalue weighted by molar-refractivity contribution is 0.538. The maximum atomic E-state index is 4.24. The molecule has 0 aliphatic carbocycles. The highest BCUT2D eigenvalue weighted by atomic mass is 32.2. The molecule has 0 aromatic carbocycles. The Morgan fingerprint density at radius 2 is 2.27 bits per heavy atom. The van der Waals surface area contributed by atoms with Gasteiger partial charge in [0.2, 0.25) is 5.16 Å². The van der Waals surface area contributed by atoms with Crippen LogP contribution in [-0.2, 0) is 0 Å². The molecule has 1 atom stereocenters. The van der Waals surface area contributed by atoms with Crippen molar-refractivity contribution in [2.75, 3.05) is 12.8 Å². The van der Waals surface area contributed by atoms with E-state index >= 15 is 0 Å². The number of hydrogen-bond donors (Lipinski definition) is 2. The third-order valence-corrected chi connectivity index (χ3v) is 3.27. The van der Waals surface area contributed by atoms with Gasteiger partial charge >= 0.3 is 0 Å². The lowest BCUT2D eigenvalue weighted by atomic mass is 10.1. The zero-order chi connectivity index (χ0) is 11.1. The summed E-state index contributed by atoms with van der Waals surface area (Å²) in [7, 11) is 2.01. The van der Waals surface area contributed by atoms with Crippen LogP contribution in [0.4, 0.5) is 0 Å². The lowest BCUT2D eigenvalue weighted by Crippen LogP contribution is -2.20. The van der Waals surface area contributed by atoms with Crippen LogP contribution in [0.15, 0.2) is 5.16 Å². The minimum absolute atomic E-state index is 0.626. The fraction of sp³-hybridized carbons (Fsp3) is 0.800. The van der Waals surface area contributed by atoms with Crippen LogP contribution >= 0.6 is 11.8 Å². The Balaban J connectivity index is 2.02. The smallest absolute Gasteiger partial charge is 0.208 e. The average molecular weight is 228 g/mol. The van der Waals surface area contributed by atoms with Gasteiger partial charge in [-0.25, -0.2) is 4.98 Å². The summed E-state index contributed by atoms with van der Waals surface area (Å²) in [6, 6.07) is 0.626. The van der Waals surface area contributed by atoms with Crippen molar-refractivity contribution in [3.63, 3.8) is 0 Å². The first-order valence-electron chi connectivity index (χ1n) is 5.41. The standard InChI is InChI=1S/C10H20N4S/c1-8(11-3)6-4-5-7-15-10-12-9(2)13-14-10/h8,11H,4-7H2,1-3H3,(H,12,13,14). The van der Waals surface area contributed by atoms with Crippen LogP contribution in [-0.4, -0.2) is 34.0 Å². The molecule has 5 heteroatoms. The van der Waals surface area contributed by atoms with Crippen molar-refractivity contribution in [2.45, 2.75) is 44.3 Å². The van der Waals surface area contributed by atoms with Crippen LogP contribution < -0.4 is 5.32 Å². The number of rotatable bonds is 7. The summed E-state index contributed by atoms with van der Waals surface area (Å²) >= 11 is 1.73. The topological polar surface area (TPSA) is 53.6 Å². The van der Waals surface area contributed by atoms with Gasteiger partial charge in [-0.1, -0.05) is 18.2 Å². The molecular formula is C10H20N4S. The maximum absolute atomic E-state index is 4.24. The first kappa shape index (κ1) is 12.5. The van der Waals surface area contributed by atoms with Crippen LogP contribution in [0, 0.1) is 6.92 Å². The molecule has 0 aliphatic rings. The molecule has 1 rings (SSSR count). The Kier molecular flexibility index (Phi) is 5.71. The Morgan fingerprint density at radius 3 is 2.87 bits per heavy atom.